The van der Waals surface area contributed by atoms with Crippen molar-refractivity contribution in [1.82, 2.24) is 10.2 Å². The van der Waals surface area contributed by atoms with E-state index in [0.29, 0.717) is 21.7 Å². The van der Waals surface area contributed by atoms with Crippen LogP contribution >= 0.6 is 39.3 Å². The number of thioether (sulfide) groups is 1. The third-order valence-corrected chi connectivity index (χ3v) is 4.50. The molecule has 0 aliphatic rings. The third-order valence-electron chi connectivity index (χ3n) is 2.95. The van der Waals surface area contributed by atoms with E-state index in [9.17, 15) is 4.79 Å². The summed E-state index contributed by atoms with van der Waals surface area (Å²) in [5.74, 6) is 0.608. The van der Waals surface area contributed by atoms with Crippen LogP contribution in [0.2, 0.25) is 5.02 Å². The lowest BCUT2D eigenvalue weighted by Gasteiger charge is -1.99. The molecule has 1 heterocycles. The second-order valence-electron chi connectivity index (χ2n) is 4.61. The lowest BCUT2D eigenvalue weighted by molar-refractivity contribution is 0.102. The minimum atomic E-state index is -0.00111. The first kappa shape index (κ1) is 16.2. The lowest BCUT2D eigenvalue weighted by atomic mass is 10.2. The Kier molecular flexibility index (Phi) is 5.15. The van der Waals surface area contributed by atoms with Gasteiger partial charge in [0.15, 0.2) is 5.78 Å². The lowest BCUT2D eigenvalue weighted by Crippen LogP contribution is -2.02. The molecule has 0 bridgehead atoms. The summed E-state index contributed by atoms with van der Waals surface area (Å²) in [6.07, 6.45) is 0. The summed E-state index contributed by atoms with van der Waals surface area (Å²) in [6, 6.07) is 14.4. The Balaban J connectivity index is 1.67. The van der Waals surface area contributed by atoms with Gasteiger partial charge < -0.3 is 4.42 Å². The van der Waals surface area contributed by atoms with Crippen molar-refractivity contribution >= 4 is 45.1 Å². The van der Waals surface area contributed by atoms with Gasteiger partial charge in [0.2, 0.25) is 5.89 Å². The Morgan fingerprint density at radius 1 is 1.17 bits per heavy atom. The van der Waals surface area contributed by atoms with Crippen LogP contribution in [0, 0.1) is 0 Å². The van der Waals surface area contributed by atoms with Crippen molar-refractivity contribution in [2.24, 2.45) is 0 Å². The fraction of sp³-hybridized carbons (Fsp3) is 0.0625. The van der Waals surface area contributed by atoms with Crippen LogP contribution in [0.1, 0.15) is 10.4 Å². The molecule has 4 nitrogen and oxygen atoms in total. The van der Waals surface area contributed by atoms with Crippen molar-refractivity contribution in [2.45, 2.75) is 5.22 Å². The zero-order valence-corrected chi connectivity index (χ0v) is 14.9. The molecule has 0 aliphatic carbocycles. The van der Waals surface area contributed by atoms with E-state index in [1.54, 1.807) is 24.3 Å². The van der Waals surface area contributed by atoms with Crippen LogP contribution in [0.15, 0.2) is 62.6 Å². The molecule has 0 fully saturated rings. The van der Waals surface area contributed by atoms with Crippen molar-refractivity contribution in [3.05, 3.63) is 63.6 Å². The first-order valence-electron chi connectivity index (χ1n) is 6.63. The second-order valence-corrected chi connectivity index (χ2v) is 6.88. The van der Waals surface area contributed by atoms with Gasteiger partial charge >= 0.3 is 0 Å². The Morgan fingerprint density at radius 2 is 2.00 bits per heavy atom. The van der Waals surface area contributed by atoms with Crippen molar-refractivity contribution in [2.75, 3.05) is 5.75 Å². The normalized spacial score (nSPS) is 10.7. The van der Waals surface area contributed by atoms with Crippen molar-refractivity contribution in [3.8, 4) is 11.5 Å². The molecular weight excluding hydrogens is 400 g/mol. The zero-order chi connectivity index (χ0) is 16.2. The van der Waals surface area contributed by atoms with Gasteiger partial charge in [0.05, 0.1) is 5.75 Å². The number of nitrogens with zero attached hydrogens (tertiary/aromatic N) is 2. The maximum atomic E-state index is 12.1. The largest absolute Gasteiger partial charge is 0.411 e. The van der Waals surface area contributed by atoms with Gasteiger partial charge in [0.25, 0.3) is 5.22 Å². The van der Waals surface area contributed by atoms with E-state index in [4.69, 9.17) is 16.0 Å². The maximum Gasteiger partial charge on any atom is 0.277 e. The number of carbonyl (C=O) groups is 1. The van der Waals surface area contributed by atoms with E-state index in [1.165, 1.54) is 11.8 Å². The molecule has 0 saturated carbocycles. The molecule has 0 spiro atoms. The fourth-order valence-electron chi connectivity index (χ4n) is 1.88. The molecule has 0 saturated heterocycles. The van der Waals surface area contributed by atoms with Crippen LogP contribution in [-0.4, -0.2) is 21.7 Å². The Bertz CT molecular complexity index is 853. The van der Waals surface area contributed by atoms with E-state index in [2.05, 4.69) is 26.1 Å². The number of carbonyl (C=O) groups excluding carboxylic acids is 1. The summed E-state index contributed by atoms with van der Waals surface area (Å²) in [6.45, 7) is 0. The number of halogens is 2. The highest BCUT2D eigenvalue weighted by Crippen LogP contribution is 2.25. The maximum absolute atomic E-state index is 12.1. The molecule has 7 heteroatoms. The Hall–Kier alpha value is -1.63. The molecule has 0 aliphatic heterocycles. The molecule has 23 heavy (non-hydrogen) atoms. The zero-order valence-electron chi connectivity index (χ0n) is 11.7. The highest BCUT2D eigenvalue weighted by molar-refractivity contribution is 9.10. The van der Waals surface area contributed by atoms with Crippen LogP contribution in [0.5, 0.6) is 0 Å². The number of hydrogen-bond acceptors (Lipinski definition) is 5. The van der Waals surface area contributed by atoms with E-state index < -0.39 is 0 Å². The fourth-order valence-corrected chi connectivity index (χ4v) is 3.13. The van der Waals surface area contributed by atoms with Gasteiger partial charge in [0.1, 0.15) is 0 Å². The third kappa shape index (κ3) is 4.22. The molecular formula is C16H10BrClN2O2S. The van der Waals surface area contributed by atoms with Crippen LogP contribution in [0.4, 0.5) is 0 Å². The average Bonchev–Trinajstić information content (AvgIpc) is 3.01. The summed E-state index contributed by atoms with van der Waals surface area (Å²) in [4.78, 5) is 12.1. The van der Waals surface area contributed by atoms with E-state index in [1.807, 2.05) is 24.3 Å². The highest BCUT2D eigenvalue weighted by Gasteiger charge is 2.12. The topological polar surface area (TPSA) is 56.0 Å². The molecule has 2 aromatic carbocycles. The Morgan fingerprint density at radius 3 is 2.78 bits per heavy atom. The number of aromatic nitrogens is 2. The summed E-state index contributed by atoms with van der Waals surface area (Å²) in [7, 11) is 0. The van der Waals surface area contributed by atoms with Gasteiger partial charge in [-0.2, -0.15) is 0 Å². The molecule has 0 atom stereocenters. The standard InChI is InChI=1S/C16H10BrClN2O2S/c17-12-5-1-3-10(7-12)14(21)9-23-16-20-19-15(22-16)11-4-2-6-13(18)8-11/h1-8H,9H2. The average molecular weight is 410 g/mol. The van der Waals surface area contributed by atoms with Gasteiger partial charge in [-0.3, -0.25) is 4.79 Å². The number of benzene rings is 2. The van der Waals surface area contributed by atoms with Gasteiger partial charge in [-0.05, 0) is 30.3 Å². The molecule has 0 unspecified atom stereocenters. The molecule has 0 amide bonds. The SMILES string of the molecule is O=C(CSc1nnc(-c2cccc(Cl)c2)o1)c1cccc(Br)c1. The second kappa shape index (κ2) is 7.29. The van der Waals surface area contributed by atoms with Crippen molar-refractivity contribution < 1.29 is 9.21 Å². The molecule has 0 N–H and O–H groups in total. The molecule has 3 aromatic rings. The highest BCUT2D eigenvalue weighted by atomic mass is 79.9. The predicted octanol–water partition coefficient (Wildman–Crippen LogP) is 5.13. The molecule has 1 aromatic heterocycles. The minimum Gasteiger partial charge on any atom is -0.411 e. The molecule has 0 radical (unpaired) electrons. The van der Waals surface area contributed by atoms with Gasteiger partial charge in [-0.15, -0.1) is 10.2 Å². The smallest absolute Gasteiger partial charge is 0.277 e. The summed E-state index contributed by atoms with van der Waals surface area (Å²) >= 11 is 10.5. The van der Waals surface area contributed by atoms with Gasteiger partial charge in [-0.1, -0.05) is 57.5 Å². The van der Waals surface area contributed by atoms with Gasteiger partial charge in [0, 0.05) is 20.6 Å². The molecule has 116 valence electrons. The number of Topliss-reactive ketones (excluding diaryl/α,β-unsaturated/α-hetero) is 1. The van der Waals surface area contributed by atoms with Crippen LogP contribution in [0.25, 0.3) is 11.5 Å². The first-order valence-corrected chi connectivity index (χ1v) is 8.78. The molecule has 3 rings (SSSR count). The number of hydrogen-bond donors (Lipinski definition) is 0. The minimum absolute atomic E-state index is 0.00111. The van der Waals surface area contributed by atoms with E-state index in [0.717, 1.165) is 10.0 Å². The number of ketones is 1. The Labute approximate surface area is 150 Å². The summed E-state index contributed by atoms with van der Waals surface area (Å²) in [5.41, 5.74) is 1.39. The summed E-state index contributed by atoms with van der Waals surface area (Å²) in [5, 5.41) is 8.87. The van der Waals surface area contributed by atoms with Crippen LogP contribution in [-0.2, 0) is 0 Å². The summed E-state index contributed by atoms with van der Waals surface area (Å²) < 4.78 is 6.43. The number of rotatable bonds is 5. The predicted molar refractivity (Wildman–Crippen MR) is 93.9 cm³/mol. The first-order chi connectivity index (χ1) is 11.1. The van der Waals surface area contributed by atoms with Crippen molar-refractivity contribution in [3.63, 3.8) is 0 Å². The van der Waals surface area contributed by atoms with Gasteiger partial charge in [-0.25, -0.2) is 0 Å². The van der Waals surface area contributed by atoms with Crippen LogP contribution < -0.4 is 0 Å². The van der Waals surface area contributed by atoms with Crippen LogP contribution in [0.3, 0.4) is 0 Å². The van der Waals surface area contributed by atoms with Crippen molar-refractivity contribution in [1.29, 1.82) is 0 Å². The monoisotopic (exact) mass is 408 g/mol. The quantitative estimate of drug-likeness (QED) is 0.432. The van der Waals surface area contributed by atoms with E-state index in [-0.39, 0.29) is 11.5 Å². The van der Waals surface area contributed by atoms with E-state index >= 15 is 0 Å².